The molecule has 9 heteroatoms. The number of amides is 2. The molecule has 0 radical (unpaired) electrons. The fraction of sp³-hybridized carbons (Fsp3) is 0.375. The van der Waals surface area contributed by atoms with Crippen LogP contribution in [0.15, 0.2) is 24.4 Å². The number of nitrogens with zero attached hydrogens (tertiary/aromatic N) is 4. The second-order valence-electron chi connectivity index (χ2n) is 5.60. The molecule has 2 aromatic rings. The molecule has 0 unspecified atom stereocenters. The number of piperazine rings is 1. The fourth-order valence-electron chi connectivity index (χ4n) is 2.68. The fourth-order valence-corrected chi connectivity index (χ4v) is 3.45. The molecule has 1 aliphatic rings. The lowest BCUT2D eigenvalue weighted by molar-refractivity contribution is 0.0752. The minimum Gasteiger partial charge on any atom is -0.395 e. The molecule has 132 valence electrons. The maximum absolute atomic E-state index is 12.7. The standard InChI is InChI=1S/C16H20N6O2S/c1-2-18-15(23)13-12(17)14(25-20-13)16(24)22-9-7-21(8-10-22)11-5-3-4-6-19-11/h3-6H,2,7-10,17H2,1H3,(H,18,23). The van der Waals surface area contributed by atoms with Crippen molar-refractivity contribution in [3.8, 4) is 0 Å². The van der Waals surface area contributed by atoms with Crippen LogP contribution in [-0.2, 0) is 0 Å². The Kier molecular flexibility index (Phi) is 5.13. The Hall–Kier alpha value is -2.68. The van der Waals surface area contributed by atoms with Gasteiger partial charge >= 0.3 is 0 Å². The summed E-state index contributed by atoms with van der Waals surface area (Å²) in [7, 11) is 0. The number of anilines is 2. The second-order valence-corrected chi connectivity index (χ2v) is 6.37. The molecule has 0 spiro atoms. The van der Waals surface area contributed by atoms with Gasteiger partial charge in [0.25, 0.3) is 11.8 Å². The zero-order valence-electron chi connectivity index (χ0n) is 13.9. The first-order valence-electron chi connectivity index (χ1n) is 8.10. The van der Waals surface area contributed by atoms with Crippen LogP contribution < -0.4 is 16.0 Å². The molecule has 0 aromatic carbocycles. The summed E-state index contributed by atoms with van der Waals surface area (Å²) in [6.07, 6.45) is 1.76. The average Bonchev–Trinajstić information content (AvgIpc) is 3.04. The van der Waals surface area contributed by atoms with Crippen molar-refractivity contribution in [1.29, 1.82) is 0 Å². The number of hydrogen-bond acceptors (Lipinski definition) is 7. The monoisotopic (exact) mass is 360 g/mol. The largest absolute Gasteiger partial charge is 0.395 e. The molecular weight excluding hydrogens is 340 g/mol. The first-order valence-corrected chi connectivity index (χ1v) is 8.87. The lowest BCUT2D eigenvalue weighted by Crippen LogP contribution is -2.49. The van der Waals surface area contributed by atoms with Gasteiger partial charge in [0.2, 0.25) is 0 Å². The van der Waals surface area contributed by atoms with Crippen LogP contribution >= 0.6 is 11.5 Å². The molecule has 0 bridgehead atoms. The number of nitrogens with two attached hydrogens (primary N) is 1. The first-order chi connectivity index (χ1) is 12.1. The highest BCUT2D eigenvalue weighted by Crippen LogP contribution is 2.24. The minimum absolute atomic E-state index is 0.127. The molecule has 2 aromatic heterocycles. The molecule has 0 atom stereocenters. The van der Waals surface area contributed by atoms with Crippen molar-refractivity contribution in [1.82, 2.24) is 19.6 Å². The normalized spacial score (nSPS) is 14.4. The topological polar surface area (TPSA) is 104 Å². The molecule has 3 rings (SSSR count). The number of pyridine rings is 1. The van der Waals surface area contributed by atoms with Crippen LogP contribution in [0.25, 0.3) is 0 Å². The highest BCUT2D eigenvalue weighted by atomic mass is 32.1. The number of nitrogen functional groups attached to an aromatic ring is 1. The van der Waals surface area contributed by atoms with Crippen molar-refractivity contribution < 1.29 is 9.59 Å². The van der Waals surface area contributed by atoms with Gasteiger partial charge in [-0.3, -0.25) is 9.59 Å². The first kappa shape index (κ1) is 17.2. The van der Waals surface area contributed by atoms with Crippen molar-refractivity contribution in [2.24, 2.45) is 0 Å². The number of rotatable bonds is 4. The van der Waals surface area contributed by atoms with E-state index >= 15 is 0 Å². The van der Waals surface area contributed by atoms with Gasteiger partial charge in [-0.1, -0.05) is 6.07 Å². The Labute approximate surface area is 149 Å². The van der Waals surface area contributed by atoms with Gasteiger partial charge < -0.3 is 20.9 Å². The lowest BCUT2D eigenvalue weighted by atomic mass is 10.2. The third-order valence-corrected chi connectivity index (χ3v) is 4.87. The Morgan fingerprint density at radius 2 is 2.04 bits per heavy atom. The van der Waals surface area contributed by atoms with E-state index < -0.39 is 0 Å². The van der Waals surface area contributed by atoms with E-state index in [9.17, 15) is 9.59 Å². The van der Waals surface area contributed by atoms with Gasteiger partial charge in [0.15, 0.2) is 5.69 Å². The molecule has 8 nitrogen and oxygen atoms in total. The third kappa shape index (κ3) is 3.55. The number of carbonyl (C=O) groups excluding carboxylic acids is 2. The average molecular weight is 360 g/mol. The van der Waals surface area contributed by atoms with Crippen LogP contribution in [0.4, 0.5) is 11.5 Å². The number of carbonyl (C=O) groups is 2. The summed E-state index contributed by atoms with van der Waals surface area (Å²) in [5, 5.41) is 2.65. The molecule has 0 aliphatic carbocycles. The summed E-state index contributed by atoms with van der Waals surface area (Å²) in [5.74, 6) is 0.381. The Balaban J connectivity index is 1.66. The maximum Gasteiger partial charge on any atom is 0.273 e. The van der Waals surface area contributed by atoms with Gasteiger partial charge in [0, 0.05) is 38.9 Å². The smallest absolute Gasteiger partial charge is 0.273 e. The van der Waals surface area contributed by atoms with Gasteiger partial charge in [0.05, 0.1) is 5.69 Å². The summed E-state index contributed by atoms with van der Waals surface area (Å²) in [4.78, 5) is 33.1. The lowest BCUT2D eigenvalue weighted by Gasteiger charge is -2.35. The molecule has 1 fully saturated rings. The molecule has 1 saturated heterocycles. The highest BCUT2D eigenvalue weighted by Gasteiger charge is 2.28. The van der Waals surface area contributed by atoms with Crippen LogP contribution in [0.1, 0.15) is 27.1 Å². The van der Waals surface area contributed by atoms with E-state index in [4.69, 9.17) is 5.73 Å². The number of aromatic nitrogens is 2. The van der Waals surface area contributed by atoms with Crippen molar-refractivity contribution in [3.05, 3.63) is 35.0 Å². The van der Waals surface area contributed by atoms with E-state index in [0.717, 1.165) is 17.4 Å². The van der Waals surface area contributed by atoms with Crippen molar-refractivity contribution in [2.75, 3.05) is 43.4 Å². The molecule has 25 heavy (non-hydrogen) atoms. The predicted octanol–water partition coefficient (Wildman–Crippen LogP) is 0.832. The van der Waals surface area contributed by atoms with E-state index in [0.29, 0.717) is 37.6 Å². The minimum atomic E-state index is -0.352. The van der Waals surface area contributed by atoms with E-state index in [2.05, 4.69) is 19.6 Å². The SMILES string of the molecule is CCNC(=O)c1nsc(C(=O)N2CCN(c3ccccn3)CC2)c1N. The van der Waals surface area contributed by atoms with E-state index in [1.807, 2.05) is 25.1 Å². The molecule has 2 amide bonds. The molecule has 3 N–H and O–H groups in total. The maximum atomic E-state index is 12.7. The van der Waals surface area contributed by atoms with Gasteiger partial charge in [-0.05, 0) is 30.6 Å². The predicted molar refractivity (Wildman–Crippen MR) is 96.9 cm³/mol. The van der Waals surface area contributed by atoms with Crippen molar-refractivity contribution >= 4 is 34.9 Å². The zero-order valence-corrected chi connectivity index (χ0v) is 14.8. The van der Waals surface area contributed by atoms with E-state index in [1.54, 1.807) is 11.1 Å². The van der Waals surface area contributed by atoms with Gasteiger partial charge in [-0.25, -0.2) is 4.98 Å². The van der Waals surface area contributed by atoms with Crippen molar-refractivity contribution in [2.45, 2.75) is 6.92 Å². The third-order valence-electron chi connectivity index (χ3n) is 4.01. The van der Waals surface area contributed by atoms with Gasteiger partial charge in [0.1, 0.15) is 10.7 Å². The summed E-state index contributed by atoms with van der Waals surface area (Å²) in [5.41, 5.74) is 6.27. The molecular formula is C16H20N6O2S. The molecule has 3 heterocycles. The summed E-state index contributed by atoms with van der Waals surface area (Å²) in [6, 6.07) is 5.78. The van der Waals surface area contributed by atoms with Crippen molar-refractivity contribution in [3.63, 3.8) is 0 Å². The van der Waals surface area contributed by atoms with Crippen LogP contribution in [0, 0.1) is 0 Å². The van der Waals surface area contributed by atoms with Gasteiger partial charge in [-0.15, -0.1) is 0 Å². The summed E-state index contributed by atoms with van der Waals surface area (Å²) in [6.45, 7) is 4.84. The Bertz CT molecular complexity index is 755. The highest BCUT2D eigenvalue weighted by molar-refractivity contribution is 7.09. The number of nitrogens with one attached hydrogen (secondary N) is 1. The molecule has 1 aliphatic heterocycles. The number of hydrogen-bond donors (Lipinski definition) is 2. The zero-order chi connectivity index (χ0) is 17.8. The van der Waals surface area contributed by atoms with Crippen LogP contribution in [0.3, 0.4) is 0 Å². The van der Waals surface area contributed by atoms with E-state index in [-0.39, 0.29) is 23.2 Å². The second kappa shape index (κ2) is 7.47. The van der Waals surface area contributed by atoms with E-state index in [1.165, 1.54) is 0 Å². The van der Waals surface area contributed by atoms with Gasteiger partial charge in [-0.2, -0.15) is 4.37 Å². The Morgan fingerprint density at radius 1 is 1.28 bits per heavy atom. The summed E-state index contributed by atoms with van der Waals surface area (Å²) >= 11 is 0.976. The van der Waals surface area contributed by atoms with Crippen LogP contribution in [0.5, 0.6) is 0 Å². The quantitative estimate of drug-likeness (QED) is 0.837. The summed E-state index contributed by atoms with van der Waals surface area (Å²) < 4.78 is 4.05. The van der Waals surface area contributed by atoms with Crippen LogP contribution in [-0.4, -0.2) is 58.8 Å². The van der Waals surface area contributed by atoms with Crippen LogP contribution in [0.2, 0.25) is 0 Å². The Morgan fingerprint density at radius 3 is 2.68 bits per heavy atom. The molecule has 0 saturated carbocycles.